The van der Waals surface area contributed by atoms with E-state index in [0.29, 0.717) is 20.8 Å². The van der Waals surface area contributed by atoms with Gasteiger partial charge in [-0.25, -0.2) is 9.71 Å². The lowest BCUT2D eigenvalue weighted by Gasteiger charge is -2.03. The van der Waals surface area contributed by atoms with Crippen LogP contribution in [0.1, 0.15) is 5.56 Å². The van der Waals surface area contributed by atoms with Gasteiger partial charge in [0.15, 0.2) is 0 Å². The van der Waals surface area contributed by atoms with E-state index in [9.17, 15) is 5.21 Å². The summed E-state index contributed by atoms with van der Waals surface area (Å²) in [6.45, 7) is 0. The molecule has 0 aliphatic carbocycles. The molecule has 0 aliphatic rings. The predicted octanol–water partition coefficient (Wildman–Crippen LogP) is 1.33. The number of rotatable bonds is 0. The highest BCUT2D eigenvalue weighted by Gasteiger charge is 2.12. The highest BCUT2D eigenvalue weighted by atomic mass is 35.5. The predicted molar refractivity (Wildman–Crippen MR) is 47.0 cm³/mol. The molecule has 2 heterocycles. The van der Waals surface area contributed by atoms with Crippen molar-refractivity contribution in [2.45, 2.75) is 0 Å². The maximum absolute atomic E-state index is 11.2. The summed E-state index contributed by atoms with van der Waals surface area (Å²) < 4.78 is 0.597. The Hall–Kier alpha value is -1.73. The number of hydrogen-bond acceptors (Lipinski definition) is 2. The van der Waals surface area contributed by atoms with E-state index in [2.05, 4.69) is 4.98 Å². The number of aromatic nitrogens is 2. The fourth-order valence-electron chi connectivity index (χ4n) is 1.18. The third kappa shape index (κ3) is 1.02. The van der Waals surface area contributed by atoms with E-state index < -0.39 is 0 Å². The molecule has 0 aromatic carbocycles. The molecule has 2 rings (SSSR count). The van der Waals surface area contributed by atoms with Gasteiger partial charge in [-0.15, -0.1) is 0 Å². The van der Waals surface area contributed by atoms with Crippen LogP contribution in [0.4, 0.5) is 0 Å². The minimum Gasteiger partial charge on any atom is -0.711 e. The van der Waals surface area contributed by atoms with Crippen LogP contribution in [0.25, 0.3) is 11.0 Å². The highest BCUT2D eigenvalue weighted by Crippen LogP contribution is 2.22. The average Bonchev–Trinajstić information content (AvgIpc) is 2.60. The van der Waals surface area contributed by atoms with Gasteiger partial charge in [-0.05, 0) is 6.07 Å². The first-order valence-electron chi connectivity index (χ1n) is 3.53. The molecule has 13 heavy (non-hydrogen) atoms. The fraction of sp³-hybridized carbons (Fsp3) is 0. The second kappa shape index (κ2) is 2.64. The first-order valence-corrected chi connectivity index (χ1v) is 3.90. The van der Waals surface area contributed by atoms with Crippen molar-refractivity contribution in [3.63, 3.8) is 0 Å². The molecule has 4 nitrogen and oxygen atoms in total. The van der Waals surface area contributed by atoms with Gasteiger partial charge in [0.25, 0.3) is 5.65 Å². The number of fused-ring (bicyclic) bond motifs is 1. The van der Waals surface area contributed by atoms with Crippen molar-refractivity contribution in [1.29, 1.82) is 5.26 Å². The van der Waals surface area contributed by atoms with Crippen LogP contribution in [0.2, 0.25) is 5.02 Å². The van der Waals surface area contributed by atoms with Gasteiger partial charge in [0, 0.05) is 0 Å². The maximum Gasteiger partial charge on any atom is 0.291 e. The summed E-state index contributed by atoms with van der Waals surface area (Å²) >= 11 is 5.86. The second-order valence-corrected chi connectivity index (χ2v) is 2.91. The van der Waals surface area contributed by atoms with Crippen molar-refractivity contribution in [1.82, 2.24) is 4.98 Å². The molecule has 0 fully saturated rings. The Morgan fingerprint density at radius 2 is 2.38 bits per heavy atom. The number of H-pyrrole nitrogens is 1. The quantitative estimate of drug-likeness (QED) is 0.507. The molecule has 5 heteroatoms. The molecule has 2 aromatic rings. The molecule has 0 amide bonds. The van der Waals surface area contributed by atoms with Crippen LogP contribution < -0.4 is 4.73 Å². The first-order chi connectivity index (χ1) is 6.24. The Bertz CT molecular complexity index is 512. The summed E-state index contributed by atoms with van der Waals surface area (Å²) in [5.74, 6) is 0. The molecule has 2 aromatic heterocycles. The van der Waals surface area contributed by atoms with Gasteiger partial charge in [-0.2, -0.15) is 5.26 Å². The van der Waals surface area contributed by atoms with E-state index in [1.165, 1.54) is 0 Å². The van der Waals surface area contributed by atoms with E-state index in [0.717, 1.165) is 6.20 Å². The standard InChI is InChI=1S/C8H4ClN3O/c9-7-5(3-10)4-12(13)8-6(7)1-2-11-8/h1-2,4,11H. The summed E-state index contributed by atoms with van der Waals surface area (Å²) in [6, 6.07) is 3.51. The first kappa shape index (κ1) is 7.90. The van der Waals surface area contributed by atoms with Crippen LogP contribution in [0.3, 0.4) is 0 Å². The van der Waals surface area contributed by atoms with Gasteiger partial charge >= 0.3 is 0 Å². The molecule has 0 saturated carbocycles. The molecule has 0 saturated heterocycles. The van der Waals surface area contributed by atoms with Crippen LogP contribution in [0.5, 0.6) is 0 Å². The molecule has 1 N–H and O–H groups in total. The zero-order valence-corrected chi connectivity index (χ0v) is 7.17. The zero-order chi connectivity index (χ0) is 9.42. The lowest BCUT2D eigenvalue weighted by atomic mass is 10.2. The van der Waals surface area contributed by atoms with Crippen LogP contribution in [0.15, 0.2) is 18.5 Å². The summed E-state index contributed by atoms with van der Waals surface area (Å²) in [5.41, 5.74) is 0.549. The van der Waals surface area contributed by atoms with Crippen molar-refractivity contribution >= 4 is 22.6 Å². The Kier molecular flexibility index (Phi) is 1.61. The molecule has 0 aliphatic heterocycles. The van der Waals surface area contributed by atoms with Crippen LogP contribution >= 0.6 is 11.6 Å². The van der Waals surface area contributed by atoms with Crippen molar-refractivity contribution in [2.24, 2.45) is 0 Å². The van der Waals surface area contributed by atoms with Gasteiger partial charge in [-0.1, -0.05) is 11.6 Å². The van der Waals surface area contributed by atoms with E-state index in [-0.39, 0.29) is 5.56 Å². The molecule has 0 unspecified atom stereocenters. The number of pyridine rings is 1. The van der Waals surface area contributed by atoms with Crippen molar-refractivity contribution in [3.05, 3.63) is 34.3 Å². The second-order valence-electron chi connectivity index (χ2n) is 2.53. The van der Waals surface area contributed by atoms with E-state index in [1.807, 2.05) is 6.07 Å². The highest BCUT2D eigenvalue weighted by molar-refractivity contribution is 6.36. The van der Waals surface area contributed by atoms with Gasteiger partial charge in [0.05, 0.1) is 16.6 Å². The van der Waals surface area contributed by atoms with Crippen LogP contribution in [-0.4, -0.2) is 4.98 Å². The monoisotopic (exact) mass is 193 g/mol. The SMILES string of the molecule is N#Cc1c[n+]([O-])c2[nH]ccc2c1Cl. The number of nitrogens with one attached hydrogen (secondary N) is 1. The fourth-order valence-corrected chi connectivity index (χ4v) is 1.43. The molecule has 0 spiro atoms. The summed E-state index contributed by atoms with van der Waals surface area (Å²) in [6.07, 6.45) is 2.76. The van der Waals surface area contributed by atoms with Crippen LogP contribution in [0, 0.1) is 16.5 Å². The summed E-state index contributed by atoms with van der Waals surface area (Å²) in [5, 5.41) is 20.8. The van der Waals surface area contributed by atoms with Crippen molar-refractivity contribution < 1.29 is 4.73 Å². The normalized spacial score (nSPS) is 10.2. The third-order valence-corrected chi connectivity index (χ3v) is 2.19. The Morgan fingerprint density at radius 1 is 1.62 bits per heavy atom. The lowest BCUT2D eigenvalue weighted by molar-refractivity contribution is -0.579. The van der Waals surface area contributed by atoms with Crippen molar-refractivity contribution in [3.8, 4) is 6.07 Å². The molecular weight excluding hydrogens is 190 g/mol. The molecule has 64 valence electrons. The summed E-state index contributed by atoms with van der Waals surface area (Å²) in [7, 11) is 0. The molecule has 0 bridgehead atoms. The minimum atomic E-state index is 0.184. The smallest absolute Gasteiger partial charge is 0.291 e. The number of hydrogen-bond donors (Lipinski definition) is 1. The Morgan fingerprint density at radius 3 is 3.08 bits per heavy atom. The largest absolute Gasteiger partial charge is 0.711 e. The average molecular weight is 194 g/mol. The van der Waals surface area contributed by atoms with E-state index in [1.54, 1.807) is 12.3 Å². The van der Waals surface area contributed by atoms with Gasteiger partial charge in [-0.3, -0.25) is 0 Å². The number of aromatic amines is 1. The maximum atomic E-state index is 11.2. The lowest BCUT2D eigenvalue weighted by Crippen LogP contribution is -2.27. The van der Waals surface area contributed by atoms with Gasteiger partial charge in [0.2, 0.25) is 0 Å². The Labute approximate surface area is 78.6 Å². The molecule has 0 atom stereocenters. The number of nitrogens with zero attached hydrogens (tertiary/aromatic N) is 2. The Balaban J connectivity index is 2.95. The van der Waals surface area contributed by atoms with E-state index >= 15 is 0 Å². The third-order valence-electron chi connectivity index (χ3n) is 1.79. The topological polar surface area (TPSA) is 66.5 Å². The number of nitriles is 1. The molecular formula is C8H4ClN3O. The zero-order valence-electron chi connectivity index (χ0n) is 6.41. The number of halogens is 1. The van der Waals surface area contributed by atoms with Crippen molar-refractivity contribution in [2.75, 3.05) is 0 Å². The minimum absolute atomic E-state index is 0.184. The van der Waals surface area contributed by atoms with Crippen LogP contribution in [-0.2, 0) is 0 Å². The van der Waals surface area contributed by atoms with Gasteiger partial charge in [0.1, 0.15) is 17.8 Å². The van der Waals surface area contributed by atoms with E-state index in [4.69, 9.17) is 16.9 Å². The summed E-state index contributed by atoms with van der Waals surface area (Å²) in [4.78, 5) is 2.74. The van der Waals surface area contributed by atoms with Gasteiger partial charge < -0.3 is 5.21 Å². The molecule has 0 radical (unpaired) electrons.